The van der Waals surface area contributed by atoms with Crippen LogP contribution in [0.5, 0.6) is 0 Å². The van der Waals surface area contributed by atoms with E-state index >= 15 is 0 Å². The minimum absolute atomic E-state index is 0.104. The van der Waals surface area contributed by atoms with Gasteiger partial charge >= 0.3 is 0 Å². The molecule has 1 N–H and O–H groups in total. The zero-order valence-corrected chi connectivity index (χ0v) is 15.6. The molecule has 1 aromatic carbocycles. The lowest BCUT2D eigenvalue weighted by atomic mass is 10.1. The summed E-state index contributed by atoms with van der Waals surface area (Å²) in [6, 6.07) is 10.1. The minimum atomic E-state index is 0.104. The van der Waals surface area contributed by atoms with Crippen molar-refractivity contribution in [3.63, 3.8) is 0 Å². The number of guanidine groups is 1. The first-order chi connectivity index (χ1) is 13.3. The number of nitrogens with zero attached hydrogens (tertiary/aromatic N) is 5. The van der Waals surface area contributed by atoms with Crippen molar-refractivity contribution in [1.29, 1.82) is 0 Å². The molecule has 144 valence electrons. The normalized spacial score (nSPS) is 23.6. The molecule has 2 saturated heterocycles. The number of hydrogen-bond donors (Lipinski definition) is 1. The highest BCUT2D eigenvalue weighted by atomic mass is 16.5. The molecule has 2 aliphatic heterocycles. The maximum absolute atomic E-state index is 5.94. The highest BCUT2D eigenvalue weighted by Gasteiger charge is 2.32. The summed E-state index contributed by atoms with van der Waals surface area (Å²) in [5.41, 5.74) is 1.04. The molecule has 0 radical (unpaired) electrons. The summed E-state index contributed by atoms with van der Waals surface area (Å²) < 4.78 is 13.7. The molecule has 8 heteroatoms. The summed E-state index contributed by atoms with van der Waals surface area (Å²) in [6.07, 6.45) is 4.23. The van der Waals surface area contributed by atoms with Crippen LogP contribution >= 0.6 is 0 Å². The lowest BCUT2D eigenvalue weighted by Gasteiger charge is -2.37. The maximum atomic E-state index is 5.94. The number of benzene rings is 1. The van der Waals surface area contributed by atoms with Gasteiger partial charge in [0.25, 0.3) is 0 Å². The zero-order chi connectivity index (χ0) is 18.5. The van der Waals surface area contributed by atoms with E-state index in [0.29, 0.717) is 13.2 Å². The van der Waals surface area contributed by atoms with Crippen molar-refractivity contribution in [2.45, 2.75) is 31.6 Å². The molecule has 4 rings (SSSR count). The monoisotopic (exact) mass is 370 g/mol. The molecule has 27 heavy (non-hydrogen) atoms. The van der Waals surface area contributed by atoms with Crippen LogP contribution in [-0.2, 0) is 16.0 Å². The van der Waals surface area contributed by atoms with E-state index in [1.807, 2.05) is 34.9 Å². The van der Waals surface area contributed by atoms with Crippen LogP contribution in [0.25, 0.3) is 5.69 Å². The van der Waals surface area contributed by atoms with Gasteiger partial charge in [-0.3, -0.25) is 9.56 Å². The minimum Gasteiger partial charge on any atom is -0.375 e. The summed E-state index contributed by atoms with van der Waals surface area (Å²) in [5.74, 6) is 1.69. The molecule has 0 aliphatic carbocycles. The molecule has 0 spiro atoms. The fourth-order valence-electron chi connectivity index (χ4n) is 3.66. The standard InChI is InChI=1S/C19H26N6O2/c1-20-19(24-9-11-27-17(13-24)16-8-5-10-26-16)21-12-18-23-22-14-25(18)15-6-3-2-4-7-15/h2-4,6-7,14,16-17H,5,8-13H2,1H3,(H,20,21). The Morgan fingerprint density at radius 3 is 2.85 bits per heavy atom. The maximum Gasteiger partial charge on any atom is 0.194 e. The van der Waals surface area contributed by atoms with E-state index in [-0.39, 0.29) is 12.2 Å². The van der Waals surface area contributed by atoms with E-state index in [4.69, 9.17) is 9.47 Å². The lowest BCUT2D eigenvalue weighted by Crippen LogP contribution is -2.53. The average molecular weight is 370 g/mol. The third-order valence-corrected chi connectivity index (χ3v) is 5.04. The zero-order valence-electron chi connectivity index (χ0n) is 15.6. The van der Waals surface area contributed by atoms with Gasteiger partial charge in [-0.25, -0.2) is 0 Å². The van der Waals surface area contributed by atoms with Gasteiger partial charge in [-0.2, -0.15) is 0 Å². The fourth-order valence-corrected chi connectivity index (χ4v) is 3.66. The van der Waals surface area contributed by atoms with Crippen molar-refractivity contribution >= 4 is 5.96 Å². The van der Waals surface area contributed by atoms with Gasteiger partial charge in [-0.15, -0.1) is 10.2 Å². The highest BCUT2D eigenvalue weighted by molar-refractivity contribution is 5.79. The van der Waals surface area contributed by atoms with E-state index in [1.54, 1.807) is 13.4 Å². The van der Waals surface area contributed by atoms with Crippen LogP contribution in [0, 0.1) is 0 Å². The van der Waals surface area contributed by atoms with Gasteiger partial charge in [0.05, 0.1) is 19.3 Å². The quantitative estimate of drug-likeness (QED) is 0.644. The number of aliphatic imine (C=N–C) groups is 1. The Morgan fingerprint density at radius 2 is 2.07 bits per heavy atom. The van der Waals surface area contributed by atoms with Crippen molar-refractivity contribution in [1.82, 2.24) is 25.0 Å². The molecule has 2 aromatic rings. The van der Waals surface area contributed by atoms with E-state index < -0.39 is 0 Å². The molecule has 0 amide bonds. The Bertz CT molecular complexity index is 757. The van der Waals surface area contributed by atoms with Gasteiger partial charge in [-0.1, -0.05) is 18.2 Å². The molecule has 2 fully saturated rings. The van der Waals surface area contributed by atoms with Gasteiger partial charge in [0, 0.05) is 32.4 Å². The van der Waals surface area contributed by atoms with Gasteiger partial charge in [0.1, 0.15) is 12.4 Å². The van der Waals surface area contributed by atoms with Crippen LogP contribution in [0.2, 0.25) is 0 Å². The summed E-state index contributed by atoms with van der Waals surface area (Å²) in [7, 11) is 1.81. The van der Waals surface area contributed by atoms with Crippen LogP contribution in [-0.4, -0.2) is 71.2 Å². The third kappa shape index (κ3) is 4.12. The smallest absolute Gasteiger partial charge is 0.194 e. The van der Waals surface area contributed by atoms with Gasteiger partial charge in [0.2, 0.25) is 0 Å². The molecular formula is C19H26N6O2. The Kier molecular flexibility index (Phi) is 5.64. The predicted molar refractivity (Wildman–Crippen MR) is 102 cm³/mol. The average Bonchev–Trinajstić information content (AvgIpc) is 3.42. The van der Waals surface area contributed by atoms with Crippen LogP contribution in [0.15, 0.2) is 41.7 Å². The number of ether oxygens (including phenoxy) is 2. The first kappa shape index (κ1) is 17.9. The Hall–Kier alpha value is -2.45. The molecule has 1 aromatic heterocycles. The number of morpholine rings is 1. The van der Waals surface area contributed by atoms with Crippen molar-refractivity contribution < 1.29 is 9.47 Å². The summed E-state index contributed by atoms with van der Waals surface area (Å²) >= 11 is 0. The van der Waals surface area contributed by atoms with E-state index in [0.717, 1.165) is 50.0 Å². The van der Waals surface area contributed by atoms with Crippen LogP contribution in [0.3, 0.4) is 0 Å². The predicted octanol–water partition coefficient (Wildman–Crippen LogP) is 1.22. The third-order valence-electron chi connectivity index (χ3n) is 5.04. The molecule has 0 saturated carbocycles. The van der Waals surface area contributed by atoms with Crippen molar-refractivity contribution in [2.24, 2.45) is 4.99 Å². The van der Waals surface area contributed by atoms with Gasteiger partial charge in [0.15, 0.2) is 11.8 Å². The van der Waals surface area contributed by atoms with Crippen LogP contribution in [0.4, 0.5) is 0 Å². The highest BCUT2D eigenvalue weighted by Crippen LogP contribution is 2.21. The largest absolute Gasteiger partial charge is 0.375 e. The number of rotatable bonds is 4. The Labute approximate surface area is 159 Å². The second kappa shape index (κ2) is 8.49. The Morgan fingerprint density at radius 1 is 1.22 bits per heavy atom. The van der Waals surface area contributed by atoms with Crippen molar-refractivity contribution in [3.05, 3.63) is 42.5 Å². The molecule has 2 aliphatic rings. The second-order valence-corrected chi connectivity index (χ2v) is 6.76. The molecular weight excluding hydrogens is 344 g/mol. The van der Waals surface area contributed by atoms with E-state index in [9.17, 15) is 0 Å². The topological polar surface area (TPSA) is 76.8 Å². The molecule has 2 atom stereocenters. The first-order valence-corrected chi connectivity index (χ1v) is 9.48. The molecule has 3 heterocycles. The summed E-state index contributed by atoms with van der Waals surface area (Å²) in [4.78, 5) is 6.69. The lowest BCUT2D eigenvalue weighted by molar-refractivity contribution is -0.0817. The second-order valence-electron chi connectivity index (χ2n) is 6.76. The van der Waals surface area contributed by atoms with Gasteiger partial charge in [-0.05, 0) is 25.0 Å². The summed E-state index contributed by atoms with van der Waals surface area (Å²) in [6.45, 7) is 3.67. The number of hydrogen-bond acceptors (Lipinski definition) is 5. The van der Waals surface area contributed by atoms with E-state index in [1.165, 1.54) is 0 Å². The fraction of sp³-hybridized carbons (Fsp3) is 0.526. The van der Waals surface area contributed by atoms with Gasteiger partial charge < -0.3 is 19.7 Å². The first-order valence-electron chi connectivity index (χ1n) is 9.48. The molecule has 0 bridgehead atoms. The molecule has 8 nitrogen and oxygen atoms in total. The molecule has 2 unspecified atom stereocenters. The number of nitrogens with one attached hydrogen (secondary N) is 1. The number of aromatic nitrogens is 3. The van der Waals surface area contributed by atoms with E-state index in [2.05, 4.69) is 25.4 Å². The van der Waals surface area contributed by atoms with Crippen molar-refractivity contribution in [2.75, 3.05) is 33.4 Å². The van der Waals surface area contributed by atoms with Crippen LogP contribution in [0.1, 0.15) is 18.7 Å². The summed E-state index contributed by atoms with van der Waals surface area (Å²) in [5, 5.41) is 11.7. The van der Waals surface area contributed by atoms with Crippen LogP contribution < -0.4 is 5.32 Å². The Balaban J connectivity index is 1.39. The van der Waals surface area contributed by atoms with Crippen molar-refractivity contribution in [3.8, 4) is 5.69 Å². The SMILES string of the molecule is CN=C(NCc1nncn1-c1ccccc1)N1CCOC(C2CCCO2)C1. The number of para-hydroxylation sites is 1.